The number of hydrogen-bond acceptors (Lipinski definition) is 4. The van der Waals surface area contributed by atoms with Crippen molar-refractivity contribution in [1.29, 1.82) is 0 Å². The summed E-state index contributed by atoms with van der Waals surface area (Å²) in [5.41, 5.74) is -1.09. The van der Waals surface area contributed by atoms with E-state index in [9.17, 15) is 9.59 Å². The van der Waals surface area contributed by atoms with Gasteiger partial charge < -0.3 is 9.47 Å². The molecule has 4 nitrogen and oxygen atoms in total. The van der Waals surface area contributed by atoms with Crippen molar-refractivity contribution < 1.29 is 19.1 Å². The summed E-state index contributed by atoms with van der Waals surface area (Å²) in [6, 6.07) is 1.10. The van der Waals surface area contributed by atoms with E-state index in [2.05, 4.69) is 40.1 Å². The summed E-state index contributed by atoms with van der Waals surface area (Å²) < 4.78 is 12.3. The van der Waals surface area contributed by atoms with Crippen LogP contribution in [0.4, 0.5) is 0 Å². The molecule has 0 aromatic rings. The predicted octanol–water partition coefficient (Wildman–Crippen LogP) is 5.64. The minimum absolute atomic E-state index is 0.0842. The van der Waals surface area contributed by atoms with Crippen LogP contribution in [0.3, 0.4) is 0 Å². The van der Waals surface area contributed by atoms with Crippen LogP contribution < -0.4 is 0 Å². The van der Waals surface area contributed by atoms with Crippen LogP contribution in [0.15, 0.2) is 12.7 Å². The number of allylic oxidation sites excluding steroid dienone is 1. The number of ether oxygens (including phenoxy) is 2. The molecule has 0 amide bonds. The summed E-state index contributed by atoms with van der Waals surface area (Å²) in [5.74, 6) is 0.848. The fraction of sp³-hybridized carbons (Fsp3) is 0.840. The predicted molar refractivity (Wildman–Crippen MR) is 123 cm³/mol. The highest BCUT2D eigenvalue weighted by molar-refractivity contribution is 6.76. The Morgan fingerprint density at radius 2 is 1.90 bits per heavy atom. The lowest BCUT2D eigenvalue weighted by atomic mass is 9.46. The van der Waals surface area contributed by atoms with E-state index in [1.54, 1.807) is 0 Å². The first-order valence-corrected chi connectivity index (χ1v) is 15.5. The van der Waals surface area contributed by atoms with Crippen molar-refractivity contribution in [1.82, 2.24) is 0 Å². The van der Waals surface area contributed by atoms with Crippen molar-refractivity contribution in [3.8, 4) is 0 Å². The third-order valence-electron chi connectivity index (χ3n) is 8.82. The van der Waals surface area contributed by atoms with E-state index in [0.29, 0.717) is 37.6 Å². The van der Waals surface area contributed by atoms with Gasteiger partial charge in [0.05, 0.1) is 6.10 Å². The van der Waals surface area contributed by atoms with Crippen molar-refractivity contribution >= 4 is 19.6 Å². The van der Waals surface area contributed by atoms with Crippen LogP contribution in [0, 0.1) is 28.1 Å². The zero-order valence-electron chi connectivity index (χ0n) is 20.0. The summed E-state index contributed by atoms with van der Waals surface area (Å²) in [5, 5.41) is 0. The van der Waals surface area contributed by atoms with Gasteiger partial charge in [-0.3, -0.25) is 9.59 Å². The first-order chi connectivity index (χ1) is 13.9. The fourth-order valence-corrected chi connectivity index (χ4v) is 7.16. The van der Waals surface area contributed by atoms with Crippen LogP contribution in [0.5, 0.6) is 0 Å². The van der Waals surface area contributed by atoms with Crippen LogP contribution in [-0.4, -0.2) is 39.1 Å². The highest BCUT2D eigenvalue weighted by Gasteiger charge is 2.65. The number of hydrogen-bond donors (Lipinski definition) is 0. The Labute approximate surface area is 184 Å². The van der Waals surface area contributed by atoms with Gasteiger partial charge in [-0.2, -0.15) is 0 Å². The third-order valence-corrected chi connectivity index (χ3v) is 10.5. The Morgan fingerprint density at radius 3 is 2.53 bits per heavy atom. The zero-order valence-corrected chi connectivity index (χ0v) is 21.0. The fourth-order valence-electron chi connectivity index (χ4n) is 6.40. The van der Waals surface area contributed by atoms with Crippen molar-refractivity contribution in [2.24, 2.45) is 28.1 Å². The van der Waals surface area contributed by atoms with Crippen LogP contribution >= 0.6 is 0 Å². The van der Waals surface area contributed by atoms with Gasteiger partial charge in [0.25, 0.3) is 0 Å². The molecule has 0 aromatic heterocycles. The molecule has 30 heavy (non-hydrogen) atoms. The Morgan fingerprint density at radius 1 is 1.20 bits per heavy atom. The summed E-state index contributed by atoms with van der Waals surface area (Å²) >= 11 is 0. The molecular weight excluding hydrogens is 392 g/mol. The highest BCUT2D eigenvalue weighted by atomic mass is 28.3. The lowest BCUT2D eigenvalue weighted by molar-refractivity contribution is -0.198. The molecule has 0 heterocycles. The largest absolute Gasteiger partial charge is 0.356 e. The standard InChI is InChI=1S/C25H42O4Si/c1-8-23(3)16-21(29-17-28-13-14-30(5,6)7)24(4)18(2)9-11-25(15-20(23)27)12-10-19(26)22(24)25/h8,18,21-22H,1,9-17H2,2-7H3/t18-,21-,22-,23-,24-,25-/m1/s1. The molecule has 3 rings (SSSR count). The van der Waals surface area contributed by atoms with Gasteiger partial charge in [0, 0.05) is 44.3 Å². The Hall–Kier alpha value is -0.783. The van der Waals surface area contributed by atoms with Crippen LogP contribution in [-0.2, 0) is 19.1 Å². The molecule has 3 aliphatic rings. The zero-order chi connectivity index (χ0) is 22.4. The topological polar surface area (TPSA) is 52.6 Å². The third kappa shape index (κ3) is 4.14. The number of carbonyl (C=O) groups is 2. The molecule has 0 spiro atoms. The smallest absolute Gasteiger partial charge is 0.147 e. The second-order valence-electron chi connectivity index (χ2n) is 12.0. The molecule has 0 unspecified atom stereocenters. The summed E-state index contributed by atoms with van der Waals surface area (Å²) in [7, 11) is -1.16. The van der Waals surface area contributed by atoms with Crippen molar-refractivity contribution in [2.75, 3.05) is 13.4 Å². The summed E-state index contributed by atoms with van der Waals surface area (Å²) in [4.78, 5) is 26.6. The molecule has 0 aromatic carbocycles. The van der Waals surface area contributed by atoms with E-state index in [0.717, 1.165) is 25.3 Å². The molecule has 0 aliphatic heterocycles. The van der Waals surface area contributed by atoms with Gasteiger partial charge in [0.15, 0.2) is 0 Å². The van der Waals surface area contributed by atoms with E-state index in [4.69, 9.17) is 9.47 Å². The lowest BCUT2D eigenvalue weighted by Crippen LogP contribution is -2.59. The van der Waals surface area contributed by atoms with Crippen molar-refractivity contribution in [2.45, 2.75) is 91.1 Å². The van der Waals surface area contributed by atoms with Gasteiger partial charge in [-0.15, -0.1) is 6.58 Å². The van der Waals surface area contributed by atoms with E-state index in [1.807, 2.05) is 13.0 Å². The Bertz CT molecular complexity index is 698. The molecule has 0 N–H and O–H groups in total. The quantitative estimate of drug-likeness (QED) is 0.225. The number of ketones is 2. The Kier molecular flexibility index (Phi) is 6.60. The molecule has 170 valence electrons. The van der Waals surface area contributed by atoms with Crippen LogP contribution in [0.1, 0.15) is 59.3 Å². The molecule has 6 atom stereocenters. The average Bonchev–Trinajstić information content (AvgIpc) is 2.99. The van der Waals surface area contributed by atoms with E-state index >= 15 is 0 Å². The lowest BCUT2D eigenvalue weighted by Gasteiger charge is -2.58. The molecule has 3 fully saturated rings. The molecule has 0 radical (unpaired) electrons. The normalized spacial score (nSPS) is 41.9. The Balaban J connectivity index is 1.90. The molecule has 3 saturated carbocycles. The maximum absolute atomic E-state index is 13.4. The first-order valence-electron chi connectivity index (χ1n) is 11.8. The molecule has 3 aliphatic carbocycles. The molecule has 0 saturated heterocycles. The number of Topliss-reactive ketones (excluding diaryl/α,β-unsaturated/α-hetero) is 2. The SMILES string of the molecule is C=C[C@]1(C)C[C@@H](OCOCC[Si](C)(C)C)[C@@]2(C)[C@H](C)CC[C@@]3(CCC(=O)[C@@H]32)CC1=O. The van der Waals surface area contributed by atoms with E-state index in [1.165, 1.54) is 0 Å². The minimum atomic E-state index is -1.16. The van der Waals surface area contributed by atoms with Crippen LogP contribution in [0.25, 0.3) is 0 Å². The average molecular weight is 435 g/mol. The van der Waals surface area contributed by atoms with Crippen molar-refractivity contribution in [3.63, 3.8) is 0 Å². The minimum Gasteiger partial charge on any atom is -0.356 e. The van der Waals surface area contributed by atoms with Gasteiger partial charge in [-0.25, -0.2) is 0 Å². The monoisotopic (exact) mass is 434 g/mol. The van der Waals surface area contributed by atoms with Gasteiger partial charge in [-0.1, -0.05) is 39.6 Å². The van der Waals surface area contributed by atoms with Crippen LogP contribution in [0.2, 0.25) is 25.7 Å². The maximum Gasteiger partial charge on any atom is 0.147 e. The highest BCUT2D eigenvalue weighted by Crippen LogP contribution is 2.65. The maximum atomic E-state index is 13.4. The van der Waals surface area contributed by atoms with Gasteiger partial charge >= 0.3 is 0 Å². The molecule has 2 bridgehead atoms. The van der Waals surface area contributed by atoms with E-state index in [-0.39, 0.29) is 35.4 Å². The second-order valence-corrected chi connectivity index (χ2v) is 17.6. The summed E-state index contributed by atoms with van der Waals surface area (Å²) in [6.45, 7) is 18.5. The number of rotatable bonds is 7. The second kappa shape index (κ2) is 8.29. The molecular formula is C25H42O4Si. The molecule has 5 heteroatoms. The van der Waals surface area contributed by atoms with Gasteiger partial charge in [-0.05, 0) is 50.0 Å². The summed E-state index contributed by atoms with van der Waals surface area (Å²) in [6.07, 6.45) is 6.17. The van der Waals surface area contributed by atoms with E-state index < -0.39 is 13.5 Å². The first kappa shape index (κ1) is 23.9. The van der Waals surface area contributed by atoms with Gasteiger partial charge in [0.1, 0.15) is 18.4 Å². The van der Waals surface area contributed by atoms with Crippen molar-refractivity contribution in [3.05, 3.63) is 12.7 Å². The van der Waals surface area contributed by atoms with Gasteiger partial charge in [0.2, 0.25) is 0 Å². The number of carbonyl (C=O) groups excluding carboxylic acids is 2.